The summed E-state index contributed by atoms with van der Waals surface area (Å²) in [4.78, 5) is 0. The summed E-state index contributed by atoms with van der Waals surface area (Å²) in [6, 6.07) is 5.29. The summed E-state index contributed by atoms with van der Waals surface area (Å²) in [6.07, 6.45) is 0.186. The zero-order valence-electron chi connectivity index (χ0n) is 9.56. The van der Waals surface area contributed by atoms with Crippen LogP contribution in [-0.4, -0.2) is 25.9 Å². The highest BCUT2D eigenvalue weighted by Gasteiger charge is 2.15. The number of sulfonamides is 1. The topological polar surface area (TPSA) is 66.4 Å². The van der Waals surface area contributed by atoms with Crippen molar-refractivity contribution in [1.29, 1.82) is 0 Å². The van der Waals surface area contributed by atoms with Crippen molar-refractivity contribution in [2.45, 2.75) is 19.4 Å². The fourth-order valence-corrected chi connectivity index (χ4v) is 2.73. The fourth-order valence-electron chi connectivity index (χ4n) is 1.43. The Morgan fingerprint density at radius 3 is 2.76 bits per heavy atom. The highest BCUT2D eigenvalue weighted by Crippen LogP contribution is 2.14. The first-order valence-electron chi connectivity index (χ1n) is 5.31. The van der Waals surface area contributed by atoms with Crippen molar-refractivity contribution in [3.63, 3.8) is 0 Å². The predicted molar refractivity (Wildman–Crippen MR) is 63.4 cm³/mol. The summed E-state index contributed by atoms with van der Waals surface area (Å²) < 4.78 is 38.5. The zero-order chi connectivity index (χ0) is 12.9. The maximum Gasteiger partial charge on any atom is 0.212 e. The molecular formula is C11H16FNO3S. The van der Waals surface area contributed by atoms with Gasteiger partial charge in [-0.2, -0.15) is 0 Å². The Morgan fingerprint density at radius 2 is 2.18 bits per heavy atom. The van der Waals surface area contributed by atoms with Gasteiger partial charge in [0.1, 0.15) is 5.82 Å². The van der Waals surface area contributed by atoms with E-state index < -0.39 is 21.9 Å². The minimum atomic E-state index is -3.44. The Bertz CT molecular complexity index is 462. The maximum atomic E-state index is 13.0. The molecule has 2 N–H and O–H groups in total. The number of hydrogen-bond acceptors (Lipinski definition) is 3. The smallest absolute Gasteiger partial charge is 0.212 e. The van der Waals surface area contributed by atoms with Gasteiger partial charge >= 0.3 is 0 Å². The van der Waals surface area contributed by atoms with Crippen molar-refractivity contribution < 1.29 is 17.9 Å². The van der Waals surface area contributed by atoms with Gasteiger partial charge in [0.25, 0.3) is 0 Å². The molecule has 0 fully saturated rings. The fraction of sp³-hybridized carbons (Fsp3) is 0.455. The van der Waals surface area contributed by atoms with Crippen LogP contribution in [0.5, 0.6) is 0 Å². The molecule has 0 radical (unpaired) electrons. The molecule has 1 atom stereocenters. The van der Waals surface area contributed by atoms with E-state index in [-0.39, 0.29) is 18.8 Å². The number of aliphatic hydroxyl groups is 1. The van der Waals surface area contributed by atoms with E-state index in [4.69, 9.17) is 5.11 Å². The number of hydrogen-bond donors (Lipinski definition) is 2. The van der Waals surface area contributed by atoms with Gasteiger partial charge in [0.15, 0.2) is 0 Å². The predicted octanol–water partition coefficient (Wildman–Crippen LogP) is 1.19. The second-order valence-electron chi connectivity index (χ2n) is 3.79. The third kappa shape index (κ3) is 4.80. The van der Waals surface area contributed by atoms with Crippen LogP contribution in [0, 0.1) is 5.82 Å². The second-order valence-corrected chi connectivity index (χ2v) is 5.66. The third-order valence-corrected chi connectivity index (χ3v) is 3.81. The van der Waals surface area contributed by atoms with E-state index in [1.54, 1.807) is 13.0 Å². The molecule has 0 aromatic heterocycles. The second kappa shape index (κ2) is 6.09. The molecule has 0 aliphatic rings. The van der Waals surface area contributed by atoms with Gasteiger partial charge < -0.3 is 5.11 Å². The van der Waals surface area contributed by atoms with Crippen LogP contribution in [0.25, 0.3) is 0 Å². The third-order valence-electron chi connectivity index (χ3n) is 2.28. The van der Waals surface area contributed by atoms with Crippen LogP contribution in [0.15, 0.2) is 24.3 Å². The molecule has 17 heavy (non-hydrogen) atoms. The Labute approximate surface area is 101 Å². The lowest BCUT2D eigenvalue weighted by Gasteiger charge is -2.14. The molecule has 0 aliphatic carbocycles. The maximum absolute atomic E-state index is 13.0. The van der Waals surface area contributed by atoms with E-state index in [0.717, 1.165) is 0 Å². The molecule has 0 bridgehead atoms. The first-order valence-corrected chi connectivity index (χ1v) is 6.96. The average molecular weight is 261 g/mol. The van der Waals surface area contributed by atoms with Crippen LogP contribution in [0.4, 0.5) is 4.39 Å². The van der Waals surface area contributed by atoms with E-state index in [1.807, 2.05) is 0 Å². The van der Waals surface area contributed by atoms with Crippen molar-refractivity contribution in [2.24, 2.45) is 0 Å². The van der Waals surface area contributed by atoms with Gasteiger partial charge in [0.2, 0.25) is 10.0 Å². The summed E-state index contributed by atoms with van der Waals surface area (Å²) in [7, 11) is -3.44. The number of aliphatic hydroxyl groups excluding tert-OH is 1. The quantitative estimate of drug-likeness (QED) is 0.808. The van der Waals surface area contributed by atoms with Gasteiger partial charge in [-0.3, -0.25) is 0 Å². The van der Waals surface area contributed by atoms with Gasteiger partial charge in [-0.25, -0.2) is 17.5 Å². The normalized spacial score (nSPS) is 13.6. The molecule has 0 aliphatic heterocycles. The van der Waals surface area contributed by atoms with Crippen LogP contribution in [0.1, 0.15) is 24.9 Å². The molecule has 0 saturated heterocycles. The van der Waals surface area contributed by atoms with Crippen molar-refractivity contribution in [3.8, 4) is 0 Å². The summed E-state index contributed by atoms with van der Waals surface area (Å²) in [5.74, 6) is -0.535. The molecule has 4 nitrogen and oxygen atoms in total. The van der Waals surface area contributed by atoms with E-state index in [2.05, 4.69) is 4.72 Å². The number of nitrogens with one attached hydrogen (secondary N) is 1. The lowest BCUT2D eigenvalue weighted by Crippen LogP contribution is -2.29. The molecule has 0 spiro atoms. The SMILES string of the molecule is CC(NS(=O)(=O)CCCO)c1cccc(F)c1. The van der Waals surface area contributed by atoms with Crippen LogP contribution >= 0.6 is 0 Å². The first kappa shape index (κ1) is 14.1. The van der Waals surface area contributed by atoms with Gasteiger partial charge in [0, 0.05) is 12.6 Å². The largest absolute Gasteiger partial charge is 0.396 e. The Kier molecular flexibility index (Phi) is 5.04. The van der Waals surface area contributed by atoms with E-state index in [0.29, 0.717) is 5.56 Å². The number of benzene rings is 1. The Morgan fingerprint density at radius 1 is 1.47 bits per heavy atom. The summed E-state index contributed by atoms with van der Waals surface area (Å²) >= 11 is 0. The highest BCUT2D eigenvalue weighted by atomic mass is 32.2. The van der Waals surface area contributed by atoms with Gasteiger partial charge in [-0.15, -0.1) is 0 Å². The van der Waals surface area contributed by atoms with Crippen LogP contribution < -0.4 is 4.72 Å². The minimum absolute atomic E-state index is 0.136. The first-order chi connectivity index (χ1) is 7.94. The lowest BCUT2D eigenvalue weighted by molar-refractivity contribution is 0.295. The Hall–Kier alpha value is -0.980. The molecule has 6 heteroatoms. The van der Waals surface area contributed by atoms with E-state index in [1.165, 1.54) is 18.2 Å². The minimum Gasteiger partial charge on any atom is -0.396 e. The van der Waals surface area contributed by atoms with Crippen LogP contribution in [0.2, 0.25) is 0 Å². The van der Waals surface area contributed by atoms with Crippen molar-refractivity contribution in [3.05, 3.63) is 35.6 Å². The van der Waals surface area contributed by atoms with Crippen LogP contribution in [-0.2, 0) is 10.0 Å². The van der Waals surface area contributed by atoms with Gasteiger partial charge in [-0.1, -0.05) is 12.1 Å². The zero-order valence-corrected chi connectivity index (χ0v) is 10.4. The molecule has 96 valence electrons. The summed E-state index contributed by atoms with van der Waals surface area (Å²) in [6.45, 7) is 1.47. The summed E-state index contributed by atoms with van der Waals surface area (Å²) in [5.41, 5.74) is 0.567. The van der Waals surface area contributed by atoms with Crippen molar-refractivity contribution >= 4 is 10.0 Å². The van der Waals surface area contributed by atoms with Gasteiger partial charge in [-0.05, 0) is 31.0 Å². The number of rotatable bonds is 6. The molecule has 0 amide bonds. The molecule has 1 aromatic rings. The van der Waals surface area contributed by atoms with E-state index in [9.17, 15) is 12.8 Å². The molecule has 1 aromatic carbocycles. The molecule has 0 heterocycles. The molecule has 1 unspecified atom stereocenters. The highest BCUT2D eigenvalue weighted by molar-refractivity contribution is 7.89. The van der Waals surface area contributed by atoms with Crippen molar-refractivity contribution in [1.82, 2.24) is 4.72 Å². The lowest BCUT2D eigenvalue weighted by atomic mass is 10.1. The molecule has 1 rings (SSSR count). The summed E-state index contributed by atoms with van der Waals surface area (Å²) in [5, 5.41) is 8.58. The van der Waals surface area contributed by atoms with E-state index >= 15 is 0 Å². The monoisotopic (exact) mass is 261 g/mol. The Balaban J connectivity index is 2.69. The standard InChI is InChI=1S/C11H16FNO3S/c1-9(10-4-2-5-11(12)8-10)13-17(15,16)7-3-6-14/h2,4-5,8-9,13-14H,3,6-7H2,1H3. The van der Waals surface area contributed by atoms with Gasteiger partial charge in [0.05, 0.1) is 5.75 Å². The van der Waals surface area contributed by atoms with Crippen molar-refractivity contribution in [2.75, 3.05) is 12.4 Å². The molecular weight excluding hydrogens is 245 g/mol. The number of halogens is 1. The molecule has 0 saturated carbocycles. The van der Waals surface area contributed by atoms with Crippen LogP contribution in [0.3, 0.4) is 0 Å². The average Bonchev–Trinajstić information content (AvgIpc) is 2.26.